The third-order valence-electron chi connectivity index (χ3n) is 2.31. The van der Waals surface area contributed by atoms with Crippen LogP contribution in [0, 0.1) is 12.3 Å². The number of rotatable bonds is 7. The molecule has 0 aliphatic rings. The molecular formula is C14H25N3O3. The second-order valence-corrected chi connectivity index (χ2v) is 5.45. The minimum Gasteiger partial charge on any atom is -0.444 e. The smallest absolute Gasteiger partial charge is 0.407 e. The molecule has 0 aromatic rings. The topological polar surface area (TPSA) is 93.5 Å². The molecule has 2 amide bonds. The molecule has 0 aliphatic heterocycles. The maximum atomic E-state index is 11.4. The first kappa shape index (κ1) is 18.3. The Labute approximate surface area is 120 Å². The summed E-state index contributed by atoms with van der Waals surface area (Å²) < 4.78 is 5.09. The van der Waals surface area contributed by atoms with Crippen LogP contribution in [0.4, 0.5) is 4.79 Å². The third kappa shape index (κ3) is 10.2. The Morgan fingerprint density at radius 3 is 2.50 bits per heavy atom. The van der Waals surface area contributed by atoms with Crippen molar-refractivity contribution in [3.05, 3.63) is 0 Å². The van der Waals surface area contributed by atoms with Gasteiger partial charge < -0.3 is 21.1 Å². The highest BCUT2D eigenvalue weighted by molar-refractivity contribution is 5.81. The lowest BCUT2D eigenvalue weighted by Gasteiger charge is -2.19. The Morgan fingerprint density at radius 1 is 1.30 bits per heavy atom. The average Bonchev–Trinajstić information content (AvgIpc) is 2.32. The summed E-state index contributed by atoms with van der Waals surface area (Å²) in [5.41, 5.74) is 5.19. The maximum absolute atomic E-state index is 11.4. The molecule has 1 atom stereocenters. The molecule has 0 rings (SSSR count). The zero-order valence-corrected chi connectivity index (χ0v) is 12.5. The van der Waals surface area contributed by atoms with Gasteiger partial charge in [-0.3, -0.25) is 4.79 Å². The normalized spacial score (nSPS) is 12.2. The second kappa shape index (κ2) is 9.21. The molecule has 6 nitrogen and oxygen atoms in total. The van der Waals surface area contributed by atoms with Crippen LogP contribution in [0.1, 0.15) is 40.0 Å². The summed E-state index contributed by atoms with van der Waals surface area (Å²) in [5, 5.41) is 5.17. The number of unbranched alkanes of at least 4 members (excludes halogenated alkanes) is 1. The van der Waals surface area contributed by atoms with Gasteiger partial charge in [0.2, 0.25) is 5.91 Å². The zero-order valence-electron chi connectivity index (χ0n) is 12.5. The first-order valence-electron chi connectivity index (χ1n) is 6.70. The van der Waals surface area contributed by atoms with Gasteiger partial charge in [0.1, 0.15) is 5.60 Å². The number of amides is 2. The van der Waals surface area contributed by atoms with E-state index in [4.69, 9.17) is 16.9 Å². The number of nitrogens with two attached hydrogens (primary N) is 1. The van der Waals surface area contributed by atoms with Gasteiger partial charge in [0.05, 0.1) is 12.6 Å². The standard InChI is InChI=1S/C14H25N3O3/c1-5-9-16-12(18)11(15)8-6-7-10-17-13(19)20-14(2,3)4/h1,11H,6-10,15H2,2-4H3,(H,16,18)(H,17,19). The summed E-state index contributed by atoms with van der Waals surface area (Å²) in [7, 11) is 0. The van der Waals surface area contributed by atoms with E-state index in [0.717, 1.165) is 12.8 Å². The summed E-state index contributed by atoms with van der Waals surface area (Å²) >= 11 is 0. The molecule has 0 aliphatic carbocycles. The fourth-order valence-electron chi connectivity index (χ4n) is 1.39. The molecule has 0 fully saturated rings. The molecule has 0 aromatic heterocycles. The van der Waals surface area contributed by atoms with Crippen LogP contribution < -0.4 is 16.4 Å². The molecule has 0 saturated heterocycles. The molecule has 4 N–H and O–H groups in total. The van der Waals surface area contributed by atoms with E-state index in [1.54, 1.807) is 20.8 Å². The highest BCUT2D eigenvalue weighted by Gasteiger charge is 2.15. The van der Waals surface area contributed by atoms with Crippen LogP contribution in [0.3, 0.4) is 0 Å². The van der Waals surface area contributed by atoms with Crippen molar-refractivity contribution >= 4 is 12.0 Å². The van der Waals surface area contributed by atoms with Gasteiger partial charge in [0.25, 0.3) is 0 Å². The highest BCUT2D eigenvalue weighted by atomic mass is 16.6. The van der Waals surface area contributed by atoms with E-state index in [1.165, 1.54) is 0 Å². The Balaban J connectivity index is 3.64. The molecule has 20 heavy (non-hydrogen) atoms. The molecule has 0 bridgehead atoms. The predicted molar refractivity (Wildman–Crippen MR) is 77.9 cm³/mol. The Morgan fingerprint density at radius 2 is 1.95 bits per heavy atom. The zero-order chi connectivity index (χ0) is 15.6. The summed E-state index contributed by atoms with van der Waals surface area (Å²) in [4.78, 5) is 22.8. The fraction of sp³-hybridized carbons (Fsp3) is 0.714. The Bertz CT molecular complexity index is 356. The molecule has 0 heterocycles. The molecule has 0 spiro atoms. The number of hydrogen-bond donors (Lipinski definition) is 3. The van der Waals surface area contributed by atoms with Gasteiger partial charge >= 0.3 is 6.09 Å². The van der Waals surface area contributed by atoms with E-state index in [-0.39, 0.29) is 12.5 Å². The highest BCUT2D eigenvalue weighted by Crippen LogP contribution is 2.06. The van der Waals surface area contributed by atoms with E-state index in [0.29, 0.717) is 13.0 Å². The fourth-order valence-corrected chi connectivity index (χ4v) is 1.39. The summed E-state index contributed by atoms with van der Waals surface area (Å²) in [6.45, 7) is 6.10. The van der Waals surface area contributed by atoms with Gasteiger partial charge in [0.15, 0.2) is 0 Å². The van der Waals surface area contributed by atoms with Crippen molar-refractivity contribution in [2.75, 3.05) is 13.1 Å². The van der Waals surface area contributed by atoms with Crippen LogP contribution in [-0.4, -0.2) is 36.7 Å². The third-order valence-corrected chi connectivity index (χ3v) is 2.31. The van der Waals surface area contributed by atoms with Crippen molar-refractivity contribution in [1.82, 2.24) is 10.6 Å². The van der Waals surface area contributed by atoms with Crippen LogP contribution in [-0.2, 0) is 9.53 Å². The van der Waals surface area contributed by atoms with Crippen LogP contribution in [0.5, 0.6) is 0 Å². The lowest BCUT2D eigenvalue weighted by atomic mass is 10.1. The largest absolute Gasteiger partial charge is 0.444 e. The number of carbonyl (C=O) groups excluding carboxylic acids is 2. The number of nitrogens with one attached hydrogen (secondary N) is 2. The van der Waals surface area contributed by atoms with Crippen molar-refractivity contribution in [3.63, 3.8) is 0 Å². The van der Waals surface area contributed by atoms with Crippen LogP contribution in [0.15, 0.2) is 0 Å². The minimum absolute atomic E-state index is 0.187. The average molecular weight is 283 g/mol. The van der Waals surface area contributed by atoms with Crippen molar-refractivity contribution in [3.8, 4) is 12.3 Å². The SMILES string of the molecule is C#CCNC(=O)C(N)CCCCNC(=O)OC(C)(C)C. The Hall–Kier alpha value is -1.74. The monoisotopic (exact) mass is 283 g/mol. The molecular weight excluding hydrogens is 258 g/mol. The van der Waals surface area contributed by atoms with E-state index < -0.39 is 17.7 Å². The summed E-state index contributed by atoms with van der Waals surface area (Å²) in [5.74, 6) is 2.06. The van der Waals surface area contributed by atoms with E-state index in [2.05, 4.69) is 16.6 Å². The lowest BCUT2D eigenvalue weighted by molar-refractivity contribution is -0.122. The summed E-state index contributed by atoms with van der Waals surface area (Å²) in [6, 6.07) is -0.565. The van der Waals surface area contributed by atoms with Crippen LogP contribution in [0.2, 0.25) is 0 Å². The lowest BCUT2D eigenvalue weighted by Crippen LogP contribution is -2.40. The van der Waals surface area contributed by atoms with Gasteiger partial charge in [-0.2, -0.15) is 0 Å². The minimum atomic E-state index is -0.565. The van der Waals surface area contributed by atoms with Gasteiger partial charge in [-0.05, 0) is 40.0 Å². The van der Waals surface area contributed by atoms with Crippen molar-refractivity contribution < 1.29 is 14.3 Å². The molecule has 0 radical (unpaired) electrons. The van der Waals surface area contributed by atoms with Crippen LogP contribution in [0.25, 0.3) is 0 Å². The number of ether oxygens (including phenoxy) is 1. The van der Waals surface area contributed by atoms with Crippen LogP contribution >= 0.6 is 0 Å². The van der Waals surface area contributed by atoms with E-state index in [9.17, 15) is 9.59 Å². The van der Waals surface area contributed by atoms with E-state index in [1.807, 2.05) is 0 Å². The second-order valence-electron chi connectivity index (χ2n) is 5.45. The number of carbonyl (C=O) groups is 2. The van der Waals surface area contributed by atoms with Crippen molar-refractivity contribution in [2.45, 2.75) is 51.7 Å². The molecule has 1 unspecified atom stereocenters. The first-order valence-corrected chi connectivity index (χ1v) is 6.70. The van der Waals surface area contributed by atoms with Crippen molar-refractivity contribution in [2.24, 2.45) is 5.73 Å². The molecule has 6 heteroatoms. The molecule has 0 saturated carbocycles. The summed E-state index contributed by atoms with van der Waals surface area (Å²) in [6.07, 6.45) is 6.61. The number of terminal acetylenes is 1. The quantitative estimate of drug-likeness (QED) is 0.475. The maximum Gasteiger partial charge on any atom is 0.407 e. The molecule has 0 aromatic carbocycles. The molecule has 114 valence electrons. The van der Waals surface area contributed by atoms with Gasteiger partial charge in [-0.1, -0.05) is 5.92 Å². The first-order chi connectivity index (χ1) is 9.26. The van der Waals surface area contributed by atoms with Crippen molar-refractivity contribution in [1.29, 1.82) is 0 Å². The number of alkyl carbamates (subject to hydrolysis) is 1. The number of hydrogen-bond acceptors (Lipinski definition) is 4. The van der Waals surface area contributed by atoms with E-state index >= 15 is 0 Å². The van der Waals surface area contributed by atoms with Gasteiger partial charge in [-0.15, -0.1) is 6.42 Å². The Kier molecular flexibility index (Phi) is 8.41. The predicted octanol–water partition coefficient (Wildman–Crippen LogP) is 0.758. The van der Waals surface area contributed by atoms with Gasteiger partial charge in [0, 0.05) is 6.54 Å². The van der Waals surface area contributed by atoms with Gasteiger partial charge in [-0.25, -0.2) is 4.79 Å².